The minimum atomic E-state index is -1.46. The first-order valence-electron chi connectivity index (χ1n) is 2.99. The highest BCUT2D eigenvalue weighted by molar-refractivity contribution is 5.72. The van der Waals surface area contributed by atoms with E-state index in [9.17, 15) is 4.79 Å². The second-order valence-corrected chi connectivity index (χ2v) is 2.07. The van der Waals surface area contributed by atoms with Crippen LogP contribution in [0, 0.1) is 0 Å². The second-order valence-electron chi connectivity index (χ2n) is 2.07. The zero-order valence-corrected chi connectivity index (χ0v) is 6.33. The highest BCUT2D eigenvalue weighted by atomic mass is 16.6. The fourth-order valence-electron chi connectivity index (χ4n) is 0.387. The van der Waals surface area contributed by atoms with Crippen LogP contribution in [0.3, 0.4) is 0 Å². The van der Waals surface area contributed by atoms with Gasteiger partial charge < -0.3 is 14.6 Å². The van der Waals surface area contributed by atoms with E-state index in [1.807, 2.05) is 0 Å². The lowest BCUT2D eigenvalue weighted by Crippen LogP contribution is -2.26. The van der Waals surface area contributed by atoms with Gasteiger partial charge in [-0.05, 0) is 13.8 Å². The Bertz CT molecular complexity index is 110. The Morgan fingerprint density at radius 1 is 1.50 bits per heavy atom. The van der Waals surface area contributed by atoms with Crippen LogP contribution in [0.5, 0.6) is 0 Å². The van der Waals surface area contributed by atoms with Crippen molar-refractivity contribution in [1.29, 1.82) is 0 Å². The number of aliphatic hydroxyl groups is 1. The van der Waals surface area contributed by atoms with Crippen molar-refractivity contribution in [1.82, 2.24) is 0 Å². The number of methoxy groups -OCH3 is 1. The quantitative estimate of drug-likeness (QED) is 0.448. The summed E-state index contributed by atoms with van der Waals surface area (Å²) in [5.74, 6) is -0.752. The van der Waals surface area contributed by atoms with Crippen molar-refractivity contribution in [3.63, 3.8) is 0 Å². The first kappa shape index (κ1) is 9.39. The molecule has 4 heteroatoms. The third-order valence-electron chi connectivity index (χ3n) is 0.777. The molecule has 0 aromatic rings. The van der Waals surface area contributed by atoms with Gasteiger partial charge in [0.05, 0.1) is 6.10 Å². The number of hydrogen-bond donors (Lipinski definition) is 1. The van der Waals surface area contributed by atoms with Crippen LogP contribution in [0.2, 0.25) is 0 Å². The molecule has 0 saturated heterocycles. The predicted molar refractivity (Wildman–Crippen MR) is 34.2 cm³/mol. The number of carbonyl (C=O) groups excluding carboxylic acids is 1. The molecule has 0 aliphatic rings. The Balaban J connectivity index is 3.62. The van der Waals surface area contributed by atoms with Gasteiger partial charge in [-0.2, -0.15) is 0 Å². The summed E-state index contributed by atoms with van der Waals surface area (Å²) in [6.45, 7) is 3.39. The third-order valence-corrected chi connectivity index (χ3v) is 0.777. The lowest BCUT2D eigenvalue weighted by molar-refractivity contribution is -0.181. The molecular formula is C6H12O4. The Labute approximate surface area is 59.7 Å². The fourth-order valence-corrected chi connectivity index (χ4v) is 0.387. The van der Waals surface area contributed by atoms with E-state index in [0.29, 0.717) is 0 Å². The zero-order chi connectivity index (χ0) is 8.15. The van der Waals surface area contributed by atoms with E-state index in [4.69, 9.17) is 5.11 Å². The van der Waals surface area contributed by atoms with Crippen molar-refractivity contribution in [3.8, 4) is 0 Å². The molecular weight excluding hydrogens is 136 g/mol. The highest BCUT2D eigenvalue weighted by Crippen LogP contribution is 1.93. The fraction of sp³-hybridized carbons (Fsp3) is 0.833. The first-order chi connectivity index (χ1) is 4.57. The monoisotopic (exact) mass is 148 g/mol. The molecule has 0 aromatic carbocycles. The normalized spacial score (nSPS) is 13.3. The van der Waals surface area contributed by atoms with E-state index >= 15 is 0 Å². The number of ether oxygens (including phenoxy) is 2. The molecule has 0 heterocycles. The summed E-state index contributed by atoms with van der Waals surface area (Å²) in [6, 6.07) is 0. The molecule has 0 bridgehead atoms. The van der Waals surface area contributed by atoms with E-state index < -0.39 is 12.3 Å². The van der Waals surface area contributed by atoms with Crippen molar-refractivity contribution in [2.75, 3.05) is 7.11 Å². The van der Waals surface area contributed by atoms with Gasteiger partial charge in [0, 0.05) is 7.11 Å². The maximum Gasteiger partial charge on any atom is 0.363 e. The highest BCUT2D eigenvalue weighted by Gasteiger charge is 2.15. The summed E-state index contributed by atoms with van der Waals surface area (Å²) in [6.07, 6.45) is -1.68. The topological polar surface area (TPSA) is 55.8 Å². The van der Waals surface area contributed by atoms with E-state index in [2.05, 4.69) is 9.47 Å². The van der Waals surface area contributed by atoms with Gasteiger partial charge in [-0.15, -0.1) is 0 Å². The van der Waals surface area contributed by atoms with Crippen LogP contribution in [0.25, 0.3) is 0 Å². The van der Waals surface area contributed by atoms with Crippen LogP contribution in [-0.4, -0.2) is 30.6 Å². The van der Waals surface area contributed by atoms with Crippen LogP contribution in [-0.2, 0) is 14.3 Å². The standard InChI is InChI=1S/C6H12O4/c1-4(2)10-6(8)5(7)9-3/h4-5,7H,1-3H3. The van der Waals surface area contributed by atoms with Crippen molar-refractivity contribution in [3.05, 3.63) is 0 Å². The molecule has 0 spiro atoms. The summed E-state index contributed by atoms with van der Waals surface area (Å²) in [7, 11) is 1.23. The molecule has 1 atom stereocenters. The summed E-state index contributed by atoms with van der Waals surface area (Å²) >= 11 is 0. The third kappa shape index (κ3) is 3.42. The van der Waals surface area contributed by atoms with Crippen LogP contribution in [0.1, 0.15) is 13.8 Å². The van der Waals surface area contributed by atoms with E-state index in [1.54, 1.807) is 13.8 Å². The number of rotatable bonds is 3. The molecule has 0 aliphatic carbocycles. The van der Waals surface area contributed by atoms with E-state index in [-0.39, 0.29) is 6.10 Å². The molecule has 0 fully saturated rings. The summed E-state index contributed by atoms with van der Waals surface area (Å²) in [4.78, 5) is 10.6. The van der Waals surface area contributed by atoms with Crippen LogP contribution >= 0.6 is 0 Å². The number of hydrogen-bond acceptors (Lipinski definition) is 4. The minimum absolute atomic E-state index is 0.225. The van der Waals surface area contributed by atoms with Crippen molar-refractivity contribution >= 4 is 5.97 Å². The van der Waals surface area contributed by atoms with Gasteiger partial charge in [-0.3, -0.25) is 0 Å². The van der Waals surface area contributed by atoms with Gasteiger partial charge in [0.25, 0.3) is 6.29 Å². The molecule has 1 N–H and O–H groups in total. The maximum absolute atomic E-state index is 10.6. The first-order valence-corrected chi connectivity index (χ1v) is 2.99. The Morgan fingerprint density at radius 3 is 2.30 bits per heavy atom. The van der Waals surface area contributed by atoms with Crippen LogP contribution < -0.4 is 0 Å². The second kappa shape index (κ2) is 4.24. The summed E-state index contributed by atoms with van der Waals surface area (Å²) < 4.78 is 8.88. The molecule has 0 aliphatic heterocycles. The lowest BCUT2D eigenvalue weighted by Gasteiger charge is -2.10. The molecule has 0 rings (SSSR count). The molecule has 0 saturated carbocycles. The molecule has 60 valence electrons. The Kier molecular flexibility index (Phi) is 3.99. The average molecular weight is 148 g/mol. The molecule has 10 heavy (non-hydrogen) atoms. The predicted octanol–water partition coefficient (Wildman–Crippen LogP) is -0.0972. The molecule has 0 radical (unpaired) electrons. The van der Waals surface area contributed by atoms with Crippen molar-refractivity contribution in [2.24, 2.45) is 0 Å². The largest absolute Gasteiger partial charge is 0.459 e. The van der Waals surface area contributed by atoms with Gasteiger partial charge in [0.2, 0.25) is 0 Å². The SMILES string of the molecule is COC(O)C(=O)OC(C)C. The minimum Gasteiger partial charge on any atom is -0.459 e. The van der Waals surface area contributed by atoms with Gasteiger partial charge in [0.15, 0.2) is 0 Å². The van der Waals surface area contributed by atoms with Gasteiger partial charge in [0.1, 0.15) is 0 Å². The average Bonchev–Trinajstić information content (AvgIpc) is 1.85. The molecule has 0 amide bonds. The van der Waals surface area contributed by atoms with Crippen molar-refractivity contribution in [2.45, 2.75) is 26.2 Å². The molecule has 0 aromatic heterocycles. The Hall–Kier alpha value is -0.610. The van der Waals surface area contributed by atoms with Crippen LogP contribution in [0.15, 0.2) is 0 Å². The zero-order valence-electron chi connectivity index (χ0n) is 6.33. The van der Waals surface area contributed by atoms with Crippen molar-refractivity contribution < 1.29 is 19.4 Å². The number of carbonyl (C=O) groups is 1. The van der Waals surface area contributed by atoms with Gasteiger partial charge in [-0.25, -0.2) is 4.79 Å². The maximum atomic E-state index is 10.6. The smallest absolute Gasteiger partial charge is 0.363 e. The number of aliphatic hydroxyl groups excluding tert-OH is 1. The van der Waals surface area contributed by atoms with E-state index in [1.165, 1.54) is 7.11 Å². The van der Waals surface area contributed by atoms with E-state index in [0.717, 1.165) is 0 Å². The Morgan fingerprint density at radius 2 is 2.00 bits per heavy atom. The number of esters is 1. The molecule has 4 nitrogen and oxygen atoms in total. The summed E-state index contributed by atoms with van der Waals surface area (Å²) in [5.41, 5.74) is 0. The summed E-state index contributed by atoms with van der Waals surface area (Å²) in [5, 5.41) is 8.68. The lowest BCUT2D eigenvalue weighted by atomic mass is 10.5. The van der Waals surface area contributed by atoms with Gasteiger partial charge in [-0.1, -0.05) is 0 Å². The van der Waals surface area contributed by atoms with Crippen LogP contribution in [0.4, 0.5) is 0 Å². The van der Waals surface area contributed by atoms with Gasteiger partial charge >= 0.3 is 5.97 Å². The molecule has 1 unspecified atom stereocenters.